The summed E-state index contributed by atoms with van der Waals surface area (Å²) in [7, 11) is -0.343. The normalized spacial score (nSPS) is 10.2. The van der Waals surface area contributed by atoms with E-state index < -0.39 is 8.60 Å². The molecular weight excluding hydrogens is 291 g/mol. The first kappa shape index (κ1) is 15.2. The van der Waals surface area contributed by atoms with Crippen molar-refractivity contribution in [3.63, 3.8) is 0 Å². The molecule has 0 fully saturated rings. The van der Waals surface area contributed by atoms with Gasteiger partial charge in [0.2, 0.25) is 0 Å². The van der Waals surface area contributed by atoms with Crippen LogP contribution in [-0.2, 0) is 4.52 Å². The molecule has 0 aliphatic heterocycles. The molecule has 6 heteroatoms. The summed E-state index contributed by atoms with van der Waals surface area (Å²) in [4.78, 5) is 21.9. The van der Waals surface area contributed by atoms with Crippen molar-refractivity contribution in [1.82, 2.24) is 0 Å². The molecule has 108 valence electrons. The van der Waals surface area contributed by atoms with Crippen LogP contribution >= 0.6 is 8.60 Å². The summed E-state index contributed by atoms with van der Waals surface area (Å²) in [5.41, 5.74) is 0.795. The molecule has 2 aromatic carbocycles. The number of benzene rings is 2. The van der Waals surface area contributed by atoms with E-state index in [0.29, 0.717) is 35.2 Å². The first-order valence-electron chi connectivity index (χ1n) is 6.07. The highest BCUT2D eigenvalue weighted by atomic mass is 31.2. The van der Waals surface area contributed by atoms with Crippen LogP contribution in [0.15, 0.2) is 48.5 Å². The minimum absolute atomic E-state index is 0.365. The molecule has 0 amide bonds. The first-order valence-corrected chi connectivity index (χ1v) is 7.16. The largest absolute Gasteiger partial charge is 0.462 e. The van der Waals surface area contributed by atoms with Gasteiger partial charge in [0, 0.05) is 7.11 Å². The highest BCUT2D eigenvalue weighted by Gasteiger charge is 2.18. The number of carbonyl (C=O) groups is 2. The Hall–Kier alpha value is -2.23. The van der Waals surface area contributed by atoms with Crippen LogP contribution in [0.3, 0.4) is 0 Å². The molecule has 2 aromatic rings. The quantitative estimate of drug-likeness (QED) is 0.577. The third kappa shape index (κ3) is 3.88. The molecule has 21 heavy (non-hydrogen) atoms. The van der Waals surface area contributed by atoms with Crippen molar-refractivity contribution in [3.05, 3.63) is 59.7 Å². The van der Waals surface area contributed by atoms with Crippen LogP contribution in [0, 0.1) is 0 Å². The summed E-state index contributed by atoms with van der Waals surface area (Å²) >= 11 is 0. The fourth-order valence-electron chi connectivity index (χ4n) is 1.58. The van der Waals surface area contributed by atoms with E-state index in [-0.39, 0.29) is 0 Å². The Morgan fingerprint density at radius 1 is 0.810 bits per heavy atom. The molecule has 0 saturated heterocycles. The molecular formula is C15H13O5P. The van der Waals surface area contributed by atoms with E-state index in [1.54, 1.807) is 48.5 Å². The smallest absolute Gasteiger partial charge is 0.417 e. The Bertz CT molecular complexity index is 575. The molecule has 0 aromatic heterocycles. The lowest BCUT2D eigenvalue weighted by Crippen LogP contribution is -2.00. The minimum Gasteiger partial charge on any atom is -0.417 e. The summed E-state index contributed by atoms with van der Waals surface area (Å²) in [6.45, 7) is 0. The van der Waals surface area contributed by atoms with Crippen LogP contribution in [-0.4, -0.2) is 19.7 Å². The number of carbonyl (C=O) groups excluding carboxylic acids is 2. The molecule has 0 aliphatic rings. The average molecular weight is 304 g/mol. The van der Waals surface area contributed by atoms with Gasteiger partial charge in [0.05, 0.1) is 11.1 Å². The zero-order valence-electron chi connectivity index (χ0n) is 11.3. The second-order valence-electron chi connectivity index (χ2n) is 3.90. The minimum atomic E-state index is -1.77. The van der Waals surface area contributed by atoms with Gasteiger partial charge in [-0.3, -0.25) is 14.1 Å². The van der Waals surface area contributed by atoms with Gasteiger partial charge < -0.3 is 9.05 Å². The Morgan fingerprint density at radius 3 is 1.62 bits per heavy atom. The Balaban J connectivity index is 2.17. The molecule has 0 unspecified atom stereocenters. The van der Waals surface area contributed by atoms with Gasteiger partial charge in [-0.1, -0.05) is 24.3 Å². The zero-order valence-corrected chi connectivity index (χ0v) is 12.2. The highest BCUT2D eigenvalue weighted by molar-refractivity contribution is 7.42. The van der Waals surface area contributed by atoms with E-state index in [1.807, 2.05) is 0 Å². The second kappa shape index (κ2) is 7.53. The molecule has 2 rings (SSSR count). The monoisotopic (exact) mass is 304 g/mol. The van der Waals surface area contributed by atoms with Gasteiger partial charge in [-0.15, -0.1) is 0 Å². The fourth-order valence-corrected chi connectivity index (χ4v) is 2.42. The van der Waals surface area contributed by atoms with E-state index in [2.05, 4.69) is 0 Å². The zero-order chi connectivity index (χ0) is 15.1. The van der Waals surface area contributed by atoms with Crippen molar-refractivity contribution < 1.29 is 23.2 Å². The highest BCUT2D eigenvalue weighted by Crippen LogP contribution is 2.42. The topological polar surface area (TPSA) is 61.8 Å². The number of rotatable bonds is 7. The van der Waals surface area contributed by atoms with Gasteiger partial charge in [0.25, 0.3) is 0 Å². The standard InChI is InChI=1S/C15H13O5P/c1-18-21(19-14-8-4-2-6-12(14)10-16)20-15-9-5-3-7-13(15)11-17/h2-11H,1H3. The van der Waals surface area contributed by atoms with Crippen molar-refractivity contribution in [3.8, 4) is 11.5 Å². The predicted molar refractivity (Wildman–Crippen MR) is 78.8 cm³/mol. The molecule has 0 N–H and O–H groups in total. The molecule has 0 spiro atoms. The van der Waals surface area contributed by atoms with Crippen LogP contribution in [0.1, 0.15) is 20.7 Å². The van der Waals surface area contributed by atoms with E-state index in [9.17, 15) is 9.59 Å². The van der Waals surface area contributed by atoms with Crippen molar-refractivity contribution in [2.45, 2.75) is 0 Å². The van der Waals surface area contributed by atoms with Crippen molar-refractivity contribution in [2.75, 3.05) is 7.11 Å². The van der Waals surface area contributed by atoms with E-state index >= 15 is 0 Å². The maximum absolute atomic E-state index is 11.0. The number of hydrogen-bond donors (Lipinski definition) is 0. The summed E-state index contributed by atoms with van der Waals surface area (Å²) in [5, 5.41) is 0. The van der Waals surface area contributed by atoms with Crippen LogP contribution < -0.4 is 9.05 Å². The lowest BCUT2D eigenvalue weighted by molar-refractivity contribution is 0.111. The fraction of sp³-hybridized carbons (Fsp3) is 0.0667. The van der Waals surface area contributed by atoms with Crippen LogP contribution in [0.25, 0.3) is 0 Å². The summed E-state index contributed by atoms with van der Waals surface area (Å²) in [6, 6.07) is 13.5. The van der Waals surface area contributed by atoms with Gasteiger partial charge in [-0.25, -0.2) is 0 Å². The second-order valence-corrected chi connectivity index (χ2v) is 5.08. The van der Waals surface area contributed by atoms with Gasteiger partial charge in [0.15, 0.2) is 12.6 Å². The maximum Gasteiger partial charge on any atom is 0.462 e. The molecule has 0 aliphatic carbocycles. The molecule has 0 atom stereocenters. The van der Waals surface area contributed by atoms with Gasteiger partial charge in [0.1, 0.15) is 11.5 Å². The van der Waals surface area contributed by atoms with E-state index in [0.717, 1.165) is 0 Å². The number of hydrogen-bond acceptors (Lipinski definition) is 5. The summed E-state index contributed by atoms with van der Waals surface area (Å²) in [5.74, 6) is 0.730. The van der Waals surface area contributed by atoms with Gasteiger partial charge >= 0.3 is 8.60 Å². The molecule has 0 heterocycles. The molecule has 0 bridgehead atoms. The third-order valence-electron chi connectivity index (χ3n) is 2.59. The van der Waals surface area contributed by atoms with E-state index in [4.69, 9.17) is 13.6 Å². The summed E-state index contributed by atoms with van der Waals surface area (Å²) < 4.78 is 16.3. The number of aldehydes is 2. The molecule has 0 saturated carbocycles. The van der Waals surface area contributed by atoms with Crippen LogP contribution in [0.5, 0.6) is 11.5 Å². The Morgan fingerprint density at radius 2 is 1.24 bits per heavy atom. The number of para-hydroxylation sites is 2. The van der Waals surface area contributed by atoms with Crippen molar-refractivity contribution >= 4 is 21.2 Å². The molecule has 0 radical (unpaired) electrons. The Labute approximate surface area is 123 Å². The van der Waals surface area contributed by atoms with Crippen LogP contribution in [0.4, 0.5) is 0 Å². The average Bonchev–Trinajstić information content (AvgIpc) is 2.55. The van der Waals surface area contributed by atoms with E-state index in [1.165, 1.54) is 7.11 Å². The summed E-state index contributed by atoms with van der Waals surface area (Å²) in [6.07, 6.45) is 1.38. The maximum atomic E-state index is 11.0. The van der Waals surface area contributed by atoms with Gasteiger partial charge in [-0.2, -0.15) is 0 Å². The Kier molecular flexibility index (Phi) is 5.43. The molecule has 5 nitrogen and oxygen atoms in total. The lowest BCUT2D eigenvalue weighted by atomic mass is 10.2. The predicted octanol–water partition coefficient (Wildman–Crippen LogP) is 3.64. The van der Waals surface area contributed by atoms with Crippen molar-refractivity contribution in [2.24, 2.45) is 0 Å². The van der Waals surface area contributed by atoms with Gasteiger partial charge in [-0.05, 0) is 24.3 Å². The van der Waals surface area contributed by atoms with Crippen molar-refractivity contribution in [1.29, 1.82) is 0 Å². The third-order valence-corrected chi connectivity index (χ3v) is 3.58. The lowest BCUT2D eigenvalue weighted by Gasteiger charge is -2.17. The first-order chi connectivity index (χ1) is 10.3. The SMILES string of the molecule is COP(Oc1ccccc1C=O)Oc1ccccc1C=O. The van der Waals surface area contributed by atoms with Crippen LogP contribution in [0.2, 0.25) is 0 Å².